The van der Waals surface area contributed by atoms with Crippen LogP contribution < -0.4 is 0 Å². The lowest BCUT2D eigenvalue weighted by Gasteiger charge is -2.20. The summed E-state index contributed by atoms with van der Waals surface area (Å²) in [5, 5.41) is 8.76. The number of Topliss-reactive ketones (excluding diaryl/α,β-unsaturated/α-hetero) is 1. The topological polar surface area (TPSA) is 54.4 Å². The number of carboxylic acids is 1. The standard InChI is InChI=1S/C19H26O3/c1-11(2)15-10-19(4,5)16-8-12(3)13(9-14(15)16)17(20)6-7-18(21)22/h8-9,11,15H,6-7,10H2,1-5H3,(H,21,22)/t15-/m1/s1. The molecule has 3 heteroatoms. The third-order valence-electron chi connectivity index (χ3n) is 4.93. The summed E-state index contributed by atoms with van der Waals surface area (Å²) in [4.78, 5) is 23.0. The van der Waals surface area contributed by atoms with E-state index in [1.807, 2.05) is 13.0 Å². The van der Waals surface area contributed by atoms with Crippen molar-refractivity contribution in [2.75, 3.05) is 0 Å². The summed E-state index contributed by atoms with van der Waals surface area (Å²) >= 11 is 0. The van der Waals surface area contributed by atoms with Crippen molar-refractivity contribution < 1.29 is 14.7 Å². The van der Waals surface area contributed by atoms with Crippen molar-refractivity contribution in [1.82, 2.24) is 0 Å². The van der Waals surface area contributed by atoms with Gasteiger partial charge in [0, 0.05) is 12.0 Å². The van der Waals surface area contributed by atoms with E-state index >= 15 is 0 Å². The van der Waals surface area contributed by atoms with E-state index in [9.17, 15) is 9.59 Å². The van der Waals surface area contributed by atoms with Crippen molar-refractivity contribution in [1.29, 1.82) is 0 Å². The number of aliphatic carboxylic acids is 1. The second-order valence-electron chi connectivity index (χ2n) is 7.51. The van der Waals surface area contributed by atoms with Crippen molar-refractivity contribution in [3.8, 4) is 0 Å². The van der Waals surface area contributed by atoms with Crippen LogP contribution in [0.2, 0.25) is 0 Å². The molecule has 0 spiro atoms. The lowest BCUT2D eigenvalue weighted by Crippen LogP contribution is -2.14. The van der Waals surface area contributed by atoms with Crippen LogP contribution in [0.1, 0.15) is 79.9 Å². The summed E-state index contributed by atoms with van der Waals surface area (Å²) < 4.78 is 0. The Morgan fingerprint density at radius 1 is 1.27 bits per heavy atom. The van der Waals surface area contributed by atoms with Gasteiger partial charge in [-0.2, -0.15) is 0 Å². The van der Waals surface area contributed by atoms with E-state index in [0.717, 1.165) is 12.0 Å². The highest BCUT2D eigenvalue weighted by Gasteiger charge is 2.38. The molecule has 1 aromatic carbocycles. The van der Waals surface area contributed by atoms with Gasteiger partial charge in [-0.3, -0.25) is 9.59 Å². The Balaban J connectivity index is 2.42. The van der Waals surface area contributed by atoms with E-state index in [0.29, 0.717) is 17.4 Å². The molecule has 0 radical (unpaired) electrons. The monoisotopic (exact) mass is 302 g/mol. The van der Waals surface area contributed by atoms with Gasteiger partial charge in [0.1, 0.15) is 0 Å². The fourth-order valence-corrected chi connectivity index (χ4v) is 3.64. The zero-order valence-electron chi connectivity index (χ0n) is 14.2. The third-order valence-corrected chi connectivity index (χ3v) is 4.93. The van der Waals surface area contributed by atoms with E-state index in [4.69, 9.17) is 5.11 Å². The molecular formula is C19H26O3. The highest BCUT2D eigenvalue weighted by atomic mass is 16.4. The summed E-state index contributed by atoms with van der Waals surface area (Å²) in [6.07, 6.45) is 1.07. The first kappa shape index (κ1) is 16.7. The molecule has 0 unspecified atom stereocenters. The molecule has 0 saturated heterocycles. The summed E-state index contributed by atoms with van der Waals surface area (Å²) in [5.74, 6) is 0.0186. The van der Waals surface area contributed by atoms with Crippen LogP contribution in [0.4, 0.5) is 0 Å². The maximum Gasteiger partial charge on any atom is 0.303 e. The first-order valence-corrected chi connectivity index (χ1v) is 8.03. The predicted molar refractivity (Wildman–Crippen MR) is 87.6 cm³/mol. The van der Waals surface area contributed by atoms with Crippen LogP contribution in [0.3, 0.4) is 0 Å². The molecule has 1 aromatic rings. The Morgan fingerprint density at radius 2 is 1.91 bits per heavy atom. The Kier molecular flexibility index (Phi) is 4.46. The van der Waals surface area contributed by atoms with Gasteiger partial charge >= 0.3 is 5.97 Å². The van der Waals surface area contributed by atoms with Crippen molar-refractivity contribution in [2.24, 2.45) is 5.92 Å². The maximum atomic E-state index is 12.3. The average molecular weight is 302 g/mol. The van der Waals surface area contributed by atoms with E-state index < -0.39 is 5.97 Å². The molecule has 1 atom stereocenters. The molecule has 0 saturated carbocycles. The van der Waals surface area contributed by atoms with Crippen molar-refractivity contribution in [2.45, 2.75) is 65.2 Å². The zero-order valence-corrected chi connectivity index (χ0v) is 14.2. The fourth-order valence-electron chi connectivity index (χ4n) is 3.64. The number of ketones is 1. The fraction of sp³-hybridized carbons (Fsp3) is 0.579. The highest BCUT2D eigenvalue weighted by Crippen LogP contribution is 2.49. The van der Waals surface area contributed by atoms with Gasteiger partial charge in [-0.05, 0) is 53.4 Å². The maximum absolute atomic E-state index is 12.3. The van der Waals surface area contributed by atoms with Crippen LogP contribution in [-0.4, -0.2) is 16.9 Å². The number of carbonyl (C=O) groups is 2. The molecule has 1 aliphatic carbocycles. The van der Waals surface area contributed by atoms with E-state index in [1.165, 1.54) is 11.1 Å². The highest BCUT2D eigenvalue weighted by molar-refractivity contribution is 5.99. The first-order chi connectivity index (χ1) is 10.1. The van der Waals surface area contributed by atoms with Crippen molar-refractivity contribution in [3.05, 3.63) is 34.4 Å². The van der Waals surface area contributed by atoms with Crippen LogP contribution >= 0.6 is 0 Å². The molecule has 3 nitrogen and oxygen atoms in total. The Hall–Kier alpha value is -1.64. The number of carbonyl (C=O) groups excluding carboxylic acids is 1. The van der Waals surface area contributed by atoms with Gasteiger partial charge in [-0.1, -0.05) is 33.8 Å². The SMILES string of the molecule is Cc1cc2c(cc1C(=O)CCC(=O)O)[C@@H](C(C)C)CC2(C)C. The Labute approximate surface area is 132 Å². The largest absolute Gasteiger partial charge is 0.481 e. The average Bonchev–Trinajstić information content (AvgIpc) is 2.67. The number of fused-ring (bicyclic) bond motifs is 1. The molecule has 22 heavy (non-hydrogen) atoms. The molecule has 0 heterocycles. The van der Waals surface area contributed by atoms with Crippen molar-refractivity contribution in [3.63, 3.8) is 0 Å². The quantitative estimate of drug-likeness (QED) is 0.817. The Bertz CT molecular complexity index is 611. The number of rotatable bonds is 5. The number of hydrogen-bond acceptors (Lipinski definition) is 2. The summed E-state index contributed by atoms with van der Waals surface area (Å²) in [6.45, 7) is 10.9. The summed E-state index contributed by atoms with van der Waals surface area (Å²) in [5.41, 5.74) is 4.43. The molecule has 0 aromatic heterocycles. The van der Waals surface area contributed by atoms with E-state index in [1.54, 1.807) is 0 Å². The predicted octanol–water partition coefficient (Wildman–Crippen LogP) is 4.46. The minimum Gasteiger partial charge on any atom is -0.481 e. The summed E-state index contributed by atoms with van der Waals surface area (Å²) in [7, 11) is 0. The minimum absolute atomic E-state index is 0.0603. The van der Waals surface area contributed by atoms with Crippen LogP contribution in [-0.2, 0) is 10.2 Å². The van der Waals surface area contributed by atoms with Crippen LogP contribution in [0, 0.1) is 12.8 Å². The van der Waals surface area contributed by atoms with Crippen LogP contribution in [0.15, 0.2) is 12.1 Å². The van der Waals surface area contributed by atoms with Gasteiger partial charge in [0.05, 0.1) is 6.42 Å². The van der Waals surface area contributed by atoms with Crippen LogP contribution in [0.25, 0.3) is 0 Å². The molecular weight excluding hydrogens is 276 g/mol. The molecule has 0 aliphatic heterocycles. The minimum atomic E-state index is -0.923. The normalized spacial score (nSPS) is 19.3. The van der Waals surface area contributed by atoms with Gasteiger partial charge in [0.2, 0.25) is 0 Å². The van der Waals surface area contributed by atoms with Gasteiger partial charge in [-0.25, -0.2) is 0 Å². The second kappa shape index (κ2) is 5.86. The zero-order chi connectivity index (χ0) is 16.7. The molecule has 1 aliphatic rings. The molecule has 0 bridgehead atoms. The molecule has 0 amide bonds. The Morgan fingerprint density at radius 3 is 2.45 bits per heavy atom. The second-order valence-corrected chi connectivity index (χ2v) is 7.51. The lowest BCUT2D eigenvalue weighted by molar-refractivity contribution is -0.136. The number of benzene rings is 1. The van der Waals surface area contributed by atoms with E-state index in [2.05, 4.69) is 33.8 Å². The number of aryl methyl sites for hydroxylation is 1. The third kappa shape index (κ3) is 3.08. The first-order valence-electron chi connectivity index (χ1n) is 8.03. The van der Waals surface area contributed by atoms with Gasteiger partial charge in [0.25, 0.3) is 0 Å². The van der Waals surface area contributed by atoms with Gasteiger partial charge in [-0.15, -0.1) is 0 Å². The van der Waals surface area contributed by atoms with Crippen LogP contribution in [0.5, 0.6) is 0 Å². The molecule has 120 valence electrons. The molecule has 1 N–H and O–H groups in total. The number of carboxylic acid groups (broad SMARTS) is 1. The molecule has 2 rings (SSSR count). The lowest BCUT2D eigenvalue weighted by atomic mass is 9.84. The summed E-state index contributed by atoms with van der Waals surface area (Å²) in [6, 6.07) is 4.18. The smallest absolute Gasteiger partial charge is 0.303 e. The van der Waals surface area contributed by atoms with E-state index in [-0.39, 0.29) is 24.0 Å². The van der Waals surface area contributed by atoms with Crippen molar-refractivity contribution >= 4 is 11.8 Å². The molecule has 0 fully saturated rings. The van der Waals surface area contributed by atoms with Gasteiger partial charge < -0.3 is 5.11 Å². The van der Waals surface area contributed by atoms with Gasteiger partial charge in [0.15, 0.2) is 5.78 Å². The number of hydrogen-bond donors (Lipinski definition) is 1.